The second-order valence-corrected chi connectivity index (χ2v) is 6.90. The van der Waals surface area contributed by atoms with Gasteiger partial charge in [0.15, 0.2) is 10.9 Å². The molecule has 0 aliphatic heterocycles. The summed E-state index contributed by atoms with van der Waals surface area (Å²) in [6.45, 7) is 3.96. The van der Waals surface area contributed by atoms with Crippen LogP contribution in [0.15, 0.2) is 65.1 Å². The third-order valence-corrected chi connectivity index (χ3v) is 4.93. The van der Waals surface area contributed by atoms with E-state index in [1.54, 1.807) is 36.4 Å². The number of aromatic hydroxyl groups is 1. The Bertz CT molecular complexity index is 1050. The van der Waals surface area contributed by atoms with Crippen LogP contribution in [0.2, 0.25) is 5.02 Å². The molecule has 0 bridgehead atoms. The minimum atomic E-state index is -0.225. The number of hydrogen-bond donors (Lipinski definition) is 1. The van der Waals surface area contributed by atoms with Gasteiger partial charge in [-0.05, 0) is 42.5 Å². The Balaban J connectivity index is 1.93. The number of ketones is 1. The highest BCUT2D eigenvalue weighted by molar-refractivity contribution is 7.99. The van der Waals surface area contributed by atoms with Crippen molar-refractivity contribution < 1.29 is 9.90 Å². The standard InChI is InChI=1S/C19H15ClN2O3S/c1-2-9-22-18(25)15-10-13(20)5-8-16(15)21-19(22)26-11-17(24)12-3-6-14(23)7-4-12/h2-8,10,23H,1,9,11H2. The smallest absolute Gasteiger partial charge is 0.262 e. The van der Waals surface area contributed by atoms with Crippen molar-refractivity contribution >= 4 is 40.0 Å². The maximum atomic E-state index is 12.7. The molecule has 1 aromatic heterocycles. The molecule has 0 saturated carbocycles. The van der Waals surface area contributed by atoms with Gasteiger partial charge in [0.25, 0.3) is 5.56 Å². The number of carbonyl (C=O) groups is 1. The molecule has 0 amide bonds. The Morgan fingerprint density at radius 1 is 1.27 bits per heavy atom. The lowest BCUT2D eigenvalue weighted by atomic mass is 10.1. The molecule has 5 nitrogen and oxygen atoms in total. The number of nitrogens with zero attached hydrogens (tertiary/aromatic N) is 2. The van der Waals surface area contributed by atoms with E-state index in [9.17, 15) is 14.7 Å². The van der Waals surface area contributed by atoms with E-state index in [0.29, 0.717) is 26.6 Å². The van der Waals surface area contributed by atoms with Crippen LogP contribution >= 0.6 is 23.4 Å². The SMILES string of the molecule is C=CCn1c(SCC(=O)c2ccc(O)cc2)nc2ccc(Cl)cc2c1=O. The fourth-order valence-electron chi connectivity index (χ4n) is 2.43. The first-order valence-electron chi connectivity index (χ1n) is 7.75. The maximum Gasteiger partial charge on any atom is 0.262 e. The molecular weight excluding hydrogens is 372 g/mol. The van der Waals surface area contributed by atoms with Gasteiger partial charge in [-0.25, -0.2) is 4.98 Å². The van der Waals surface area contributed by atoms with Gasteiger partial charge in [0.2, 0.25) is 0 Å². The summed E-state index contributed by atoms with van der Waals surface area (Å²) < 4.78 is 1.47. The summed E-state index contributed by atoms with van der Waals surface area (Å²) in [5.41, 5.74) is 0.789. The van der Waals surface area contributed by atoms with Gasteiger partial charge < -0.3 is 5.11 Å². The number of halogens is 1. The average molecular weight is 387 g/mol. The zero-order valence-corrected chi connectivity index (χ0v) is 15.3. The van der Waals surface area contributed by atoms with Crippen molar-refractivity contribution in [1.82, 2.24) is 9.55 Å². The van der Waals surface area contributed by atoms with Crippen LogP contribution in [-0.2, 0) is 6.54 Å². The van der Waals surface area contributed by atoms with Gasteiger partial charge in [-0.15, -0.1) is 6.58 Å². The lowest BCUT2D eigenvalue weighted by molar-refractivity contribution is 0.102. The van der Waals surface area contributed by atoms with Crippen LogP contribution in [0.3, 0.4) is 0 Å². The predicted octanol–water partition coefficient (Wildman–Crippen LogP) is 3.92. The number of allylic oxidation sites excluding steroid dienone is 1. The summed E-state index contributed by atoms with van der Waals surface area (Å²) in [6.07, 6.45) is 1.60. The molecule has 132 valence electrons. The fourth-order valence-corrected chi connectivity index (χ4v) is 3.51. The first-order chi connectivity index (χ1) is 12.5. The van der Waals surface area contributed by atoms with Crippen molar-refractivity contribution in [2.45, 2.75) is 11.7 Å². The van der Waals surface area contributed by atoms with Crippen LogP contribution in [0.5, 0.6) is 5.75 Å². The van der Waals surface area contributed by atoms with E-state index in [2.05, 4.69) is 11.6 Å². The highest BCUT2D eigenvalue weighted by Gasteiger charge is 2.14. The van der Waals surface area contributed by atoms with E-state index in [0.717, 1.165) is 0 Å². The Labute approximate surface area is 158 Å². The molecule has 0 fully saturated rings. The lowest BCUT2D eigenvalue weighted by Crippen LogP contribution is -2.23. The monoisotopic (exact) mass is 386 g/mol. The van der Waals surface area contributed by atoms with E-state index in [1.807, 2.05) is 0 Å². The van der Waals surface area contributed by atoms with Gasteiger partial charge in [0, 0.05) is 17.1 Å². The molecule has 1 N–H and O–H groups in total. The molecule has 0 radical (unpaired) electrons. The van der Waals surface area contributed by atoms with Gasteiger partial charge in [-0.2, -0.15) is 0 Å². The molecule has 0 atom stereocenters. The fraction of sp³-hybridized carbons (Fsp3) is 0.105. The number of thioether (sulfide) groups is 1. The van der Waals surface area contributed by atoms with Crippen molar-refractivity contribution in [3.63, 3.8) is 0 Å². The Morgan fingerprint density at radius 3 is 2.69 bits per heavy atom. The van der Waals surface area contributed by atoms with Crippen molar-refractivity contribution in [2.24, 2.45) is 0 Å². The second-order valence-electron chi connectivity index (χ2n) is 5.52. The largest absolute Gasteiger partial charge is 0.508 e. The number of aromatic nitrogens is 2. The van der Waals surface area contributed by atoms with Crippen molar-refractivity contribution in [1.29, 1.82) is 0 Å². The van der Waals surface area contributed by atoms with E-state index < -0.39 is 0 Å². The molecule has 26 heavy (non-hydrogen) atoms. The molecule has 2 aromatic carbocycles. The normalized spacial score (nSPS) is 10.8. The summed E-state index contributed by atoms with van der Waals surface area (Å²) in [5.74, 6) is 0.0995. The first-order valence-corrected chi connectivity index (χ1v) is 9.12. The number of benzene rings is 2. The maximum absolute atomic E-state index is 12.7. The summed E-state index contributed by atoms with van der Waals surface area (Å²) in [7, 11) is 0. The second kappa shape index (κ2) is 7.76. The van der Waals surface area contributed by atoms with Gasteiger partial charge in [0.1, 0.15) is 5.75 Å². The Hall–Kier alpha value is -2.57. The zero-order chi connectivity index (χ0) is 18.7. The van der Waals surface area contributed by atoms with E-state index in [4.69, 9.17) is 11.6 Å². The molecule has 3 aromatic rings. The summed E-state index contributed by atoms with van der Waals surface area (Å²) in [6, 6.07) is 11.0. The quantitative estimate of drug-likeness (QED) is 0.301. The van der Waals surface area contributed by atoms with Crippen LogP contribution in [0, 0.1) is 0 Å². The highest BCUT2D eigenvalue weighted by Crippen LogP contribution is 2.21. The number of phenols is 1. The van der Waals surface area contributed by atoms with Gasteiger partial charge in [-0.3, -0.25) is 14.2 Å². The van der Waals surface area contributed by atoms with Gasteiger partial charge in [0.05, 0.1) is 16.7 Å². The van der Waals surface area contributed by atoms with Crippen LogP contribution in [-0.4, -0.2) is 26.2 Å². The van der Waals surface area contributed by atoms with Crippen molar-refractivity contribution in [2.75, 3.05) is 5.75 Å². The predicted molar refractivity (Wildman–Crippen MR) is 104 cm³/mol. The van der Waals surface area contributed by atoms with Gasteiger partial charge >= 0.3 is 0 Å². The highest BCUT2D eigenvalue weighted by atomic mass is 35.5. The first kappa shape index (κ1) is 18.2. The molecule has 0 spiro atoms. The van der Waals surface area contributed by atoms with Crippen LogP contribution in [0.4, 0.5) is 0 Å². The number of Topliss-reactive ketones (excluding diaryl/α,β-unsaturated/α-hetero) is 1. The molecule has 7 heteroatoms. The van der Waals surface area contributed by atoms with Crippen LogP contribution in [0.1, 0.15) is 10.4 Å². The topological polar surface area (TPSA) is 72.2 Å². The van der Waals surface area contributed by atoms with E-state index in [1.165, 1.54) is 28.5 Å². The number of rotatable bonds is 6. The molecule has 0 aliphatic carbocycles. The van der Waals surface area contributed by atoms with Crippen LogP contribution in [0.25, 0.3) is 10.9 Å². The molecule has 0 aliphatic rings. The number of carbonyl (C=O) groups excluding carboxylic acids is 1. The minimum absolute atomic E-state index is 0.101. The number of phenolic OH excluding ortho intramolecular Hbond substituents is 1. The average Bonchev–Trinajstić information content (AvgIpc) is 2.63. The summed E-state index contributed by atoms with van der Waals surface area (Å²) >= 11 is 7.16. The third-order valence-electron chi connectivity index (χ3n) is 3.71. The zero-order valence-electron chi connectivity index (χ0n) is 13.7. The van der Waals surface area contributed by atoms with E-state index in [-0.39, 0.29) is 29.4 Å². The van der Waals surface area contributed by atoms with Crippen molar-refractivity contribution in [3.8, 4) is 5.75 Å². The van der Waals surface area contributed by atoms with Gasteiger partial charge in [-0.1, -0.05) is 29.4 Å². The molecular formula is C19H15ClN2O3S. The molecule has 1 heterocycles. The third kappa shape index (κ3) is 3.81. The number of hydrogen-bond acceptors (Lipinski definition) is 5. The Kier molecular flexibility index (Phi) is 5.44. The van der Waals surface area contributed by atoms with Crippen LogP contribution < -0.4 is 5.56 Å². The molecule has 0 saturated heterocycles. The minimum Gasteiger partial charge on any atom is -0.508 e. The van der Waals surface area contributed by atoms with E-state index >= 15 is 0 Å². The lowest BCUT2D eigenvalue weighted by Gasteiger charge is -2.11. The molecule has 3 rings (SSSR count). The summed E-state index contributed by atoms with van der Waals surface area (Å²) in [4.78, 5) is 29.6. The summed E-state index contributed by atoms with van der Waals surface area (Å²) in [5, 5.41) is 10.6. The Morgan fingerprint density at radius 2 is 2.00 bits per heavy atom. The van der Waals surface area contributed by atoms with Crippen molar-refractivity contribution in [3.05, 3.63) is 76.1 Å². The number of fused-ring (bicyclic) bond motifs is 1. The molecule has 0 unspecified atom stereocenters.